The van der Waals surface area contributed by atoms with Gasteiger partial charge in [-0.1, -0.05) is 30.4 Å². The monoisotopic (exact) mass is 445 g/mol. The summed E-state index contributed by atoms with van der Waals surface area (Å²) in [5.74, 6) is -0.286. The van der Waals surface area contributed by atoms with E-state index in [1.54, 1.807) is 30.3 Å². The molecule has 1 aromatic heterocycles. The number of rotatable bonds is 9. The molecule has 1 aromatic carbocycles. The van der Waals surface area contributed by atoms with Gasteiger partial charge in [0.25, 0.3) is 11.6 Å². The molecule has 0 unspecified atom stereocenters. The molecule has 0 N–H and O–H groups in total. The zero-order valence-electron chi connectivity index (χ0n) is 15.7. The number of carboxylic acids is 1. The van der Waals surface area contributed by atoms with Crippen LogP contribution < -0.4 is 5.11 Å². The zero-order valence-corrected chi connectivity index (χ0v) is 17.4. The first-order valence-corrected chi connectivity index (χ1v) is 10.4. The summed E-state index contributed by atoms with van der Waals surface area (Å²) in [5.41, 5.74) is 0.679. The number of thioether (sulfide) groups is 1. The normalized spacial score (nSPS) is 15.2. The minimum atomic E-state index is -1.07. The molecule has 156 valence electrons. The Labute approximate surface area is 181 Å². The number of carbonyl (C=O) groups is 2. The van der Waals surface area contributed by atoms with Crippen molar-refractivity contribution in [3.05, 3.63) is 57.2 Å². The van der Waals surface area contributed by atoms with Gasteiger partial charge < -0.3 is 14.3 Å². The van der Waals surface area contributed by atoms with Crippen molar-refractivity contribution in [1.29, 1.82) is 0 Å². The van der Waals surface area contributed by atoms with Crippen molar-refractivity contribution in [3.63, 3.8) is 0 Å². The van der Waals surface area contributed by atoms with Crippen molar-refractivity contribution in [2.45, 2.75) is 25.7 Å². The average molecular weight is 445 g/mol. The highest BCUT2D eigenvalue weighted by Crippen LogP contribution is 2.34. The van der Waals surface area contributed by atoms with Crippen molar-refractivity contribution in [1.82, 2.24) is 4.90 Å². The van der Waals surface area contributed by atoms with Crippen LogP contribution in [0.4, 0.5) is 5.69 Å². The number of carboxylic acid groups (broad SMARTS) is 1. The molecule has 0 atom stereocenters. The van der Waals surface area contributed by atoms with Gasteiger partial charge in [-0.2, -0.15) is 0 Å². The number of nitro groups is 1. The molecular formula is C20H17N2O6S2-. The number of non-ortho nitro benzene ring substituents is 1. The van der Waals surface area contributed by atoms with Crippen molar-refractivity contribution >= 4 is 51.9 Å². The maximum absolute atomic E-state index is 12.6. The number of hydrogen-bond donors (Lipinski definition) is 0. The molecule has 1 amide bonds. The van der Waals surface area contributed by atoms with Gasteiger partial charge in [-0.3, -0.25) is 19.8 Å². The molecule has 1 saturated heterocycles. The molecule has 3 rings (SSSR count). The van der Waals surface area contributed by atoms with E-state index in [0.717, 1.165) is 0 Å². The van der Waals surface area contributed by atoms with Gasteiger partial charge in [0.05, 0.1) is 9.83 Å². The molecule has 2 heterocycles. The molecule has 0 radical (unpaired) electrons. The second-order valence-electron chi connectivity index (χ2n) is 6.52. The predicted molar refractivity (Wildman–Crippen MR) is 114 cm³/mol. The van der Waals surface area contributed by atoms with Crippen LogP contribution in [0.25, 0.3) is 17.4 Å². The highest BCUT2D eigenvalue weighted by atomic mass is 32.2. The van der Waals surface area contributed by atoms with Crippen molar-refractivity contribution in [2.24, 2.45) is 0 Å². The summed E-state index contributed by atoms with van der Waals surface area (Å²) >= 11 is 6.47. The molecule has 0 aliphatic carbocycles. The first-order chi connectivity index (χ1) is 14.3. The second kappa shape index (κ2) is 9.68. The molecule has 2 aromatic rings. The Kier molecular flexibility index (Phi) is 7.01. The van der Waals surface area contributed by atoms with Gasteiger partial charge in [0.2, 0.25) is 0 Å². The number of unbranched alkanes of at least 4 members (excludes halogenated alkanes) is 2. The summed E-state index contributed by atoms with van der Waals surface area (Å²) in [4.78, 5) is 35.3. The van der Waals surface area contributed by atoms with E-state index in [4.69, 9.17) is 16.6 Å². The lowest BCUT2D eigenvalue weighted by Crippen LogP contribution is -2.29. The van der Waals surface area contributed by atoms with Crippen LogP contribution in [0.2, 0.25) is 0 Å². The fraction of sp³-hybridized carbons (Fsp3) is 0.250. The van der Waals surface area contributed by atoms with Gasteiger partial charge in [-0.05, 0) is 43.5 Å². The van der Waals surface area contributed by atoms with Crippen LogP contribution in [0, 0.1) is 10.1 Å². The van der Waals surface area contributed by atoms with Crippen LogP contribution in [0.3, 0.4) is 0 Å². The third-order valence-electron chi connectivity index (χ3n) is 4.40. The summed E-state index contributed by atoms with van der Waals surface area (Å²) in [7, 11) is 0. The second-order valence-corrected chi connectivity index (χ2v) is 8.20. The summed E-state index contributed by atoms with van der Waals surface area (Å²) in [6.07, 6.45) is 3.45. The molecule has 8 nitrogen and oxygen atoms in total. The molecule has 0 spiro atoms. The Morgan fingerprint density at radius 1 is 1.17 bits per heavy atom. The number of furan rings is 1. The molecule has 30 heavy (non-hydrogen) atoms. The van der Waals surface area contributed by atoms with E-state index in [-0.39, 0.29) is 18.0 Å². The smallest absolute Gasteiger partial charge is 0.269 e. The lowest BCUT2D eigenvalue weighted by Gasteiger charge is -2.14. The minimum Gasteiger partial charge on any atom is -0.550 e. The van der Waals surface area contributed by atoms with Gasteiger partial charge in [0.15, 0.2) is 0 Å². The number of aliphatic carboxylic acids is 1. The summed E-state index contributed by atoms with van der Waals surface area (Å²) in [5, 5.41) is 21.2. The standard InChI is InChI=1S/C20H18N2O6S2/c23-18(24)4-2-1-3-11-21-19(25)17(30-20(21)29)12-15-9-10-16(28-15)13-5-7-14(8-6-13)22(26)27/h5-10,12H,1-4,11H2,(H,23,24)/p-1. The van der Waals surface area contributed by atoms with Gasteiger partial charge in [0.1, 0.15) is 15.8 Å². The molecule has 10 heteroatoms. The van der Waals surface area contributed by atoms with E-state index in [1.807, 2.05) is 0 Å². The first kappa shape index (κ1) is 21.7. The number of hydrogen-bond acceptors (Lipinski definition) is 8. The molecule has 0 saturated carbocycles. The Morgan fingerprint density at radius 2 is 1.90 bits per heavy atom. The highest BCUT2D eigenvalue weighted by molar-refractivity contribution is 8.26. The van der Waals surface area contributed by atoms with Crippen molar-refractivity contribution in [2.75, 3.05) is 6.54 Å². The van der Waals surface area contributed by atoms with Crippen LogP contribution in [0.1, 0.15) is 31.4 Å². The third-order valence-corrected chi connectivity index (χ3v) is 5.78. The number of carbonyl (C=O) groups excluding carboxylic acids is 2. The Hall–Kier alpha value is -2.98. The van der Waals surface area contributed by atoms with E-state index < -0.39 is 10.9 Å². The number of thiocarbonyl (C=S) groups is 1. The molecular weight excluding hydrogens is 428 g/mol. The van der Waals surface area contributed by atoms with Crippen LogP contribution in [0.15, 0.2) is 45.7 Å². The summed E-state index contributed by atoms with van der Waals surface area (Å²) in [6.45, 7) is 0.432. The fourth-order valence-corrected chi connectivity index (χ4v) is 4.16. The predicted octanol–water partition coefficient (Wildman–Crippen LogP) is 3.37. The van der Waals surface area contributed by atoms with Gasteiger partial charge >= 0.3 is 0 Å². The number of nitrogens with zero attached hydrogens (tertiary/aromatic N) is 2. The van der Waals surface area contributed by atoms with E-state index >= 15 is 0 Å². The maximum Gasteiger partial charge on any atom is 0.269 e. The highest BCUT2D eigenvalue weighted by Gasteiger charge is 2.31. The lowest BCUT2D eigenvalue weighted by atomic mass is 10.1. The Bertz CT molecular complexity index is 1010. The average Bonchev–Trinajstić information content (AvgIpc) is 3.27. The number of nitro benzene ring substituents is 1. The quantitative estimate of drug-likeness (QED) is 0.190. The zero-order chi connectivity index (χ0) is 21.7. The van der Waals surface area contributed by atoms with Crippen LogP contribution >= 0.6 is 24.0 Å². The largest absolute Gasteiger partial charge is 0.550 e. The summed E-state index contributed by atoms with van der Waals surface area (Å²) in [6, 6.07) is 9.43. The third kappa shape index (κ3) is 5.33. The first-order valence-electron chi connectivity index (χ1n) is 9.15. The van der Waals surface area contributed by atoms with Gasteiger partial charge in [-0.25, -0.2) is 0 Å². The summed E-state index contributed by atoms with van der Waals surface area (Å²) < 4.78 is 6.20. The minimum absolute atomic E-state index is 0.00571. The van der Waals surface area contributed by atoms with Crippen LogP contribution in [-0.2, 0) is 9.59 Å². The topological polar surface area (TPSA) is 117 Å². The Balaban J connectivity index is 1.63. The molecule has 1 fully saturated rings. The number of amides is 1. The van der Waals surface area contributed by atoms with E-state index in [1.165, 1.54) is 28.8 Å². The van der Waals surface area contributed by atoms with Gasteiger partial charge in [-0.15, -0.1) is 0 Å². The van der Waals surface area contributed by atoms with Crippen molar-refractivity contribution in [3.8, 4) is 11.3 Å². The molecule has 1 aliphatic heterocycles. The fourth-order valence-electron chi connectivity index (χ4n) is 2.87. The maximum atomic E-state index is 12.6. The number of benzene rings is 1. The van der Waals surface area contributed by atoms with E-state index in [2.05, 4.69) is 0 Å². The lowest BCUT2D eigenvalue weighted by molar-refractivity contribution is -0.384. The molecule has 1 aliphatic rings. The van der Waals surface area contributed by atoms with Crippen LogP contribution in [-0.4, -0.2) is 32.6 Å². The SMILES string of the molecule is O=C([O-])CCCCCN1C(=O)C(=Cc2ccc(-c3ccc([N+](=O)[O-])cc3)o2)SC1=S. The van der Waals surface area contributed by atoms with Crippen molar-refractivity contribution < 1.29 is 24.0 Å². The Morgan fingerprint density at radius 3 is 2.57 bits per heavy atom. The van der Waals surface area contributed by atoms with Crippen LogP contribution in [0.5, 0.6) is 0 Å². The van der Waals surface area contributed by atoms with E-state index in [9.17, 15) is 24.8 Å². The molecule has 0 bridgehead atoms. The van der Waals surface area contributed by atoms with Gasteiger partial charge in [0, 0.05) is 36.3 Å². The van der Waals surface area contributed by atoms with E-state index in [0.29, 0.717) is 52.1 Å².